The van der Waals surface area contributed by atoms with Crippen molar-refractivity contribution in [1.82, 2.24) is 0 Å². The predicted molar refractivity (Wildman–Crippen MR) is 85.5 cm³/mol. The van der Waals surface area contributed by atoms with Crippen molar-refractivity contribution in [3.05, 3.63) is 29.8 Å². The van der Waals surface area contributed by atoms with E-state index in [-0.39, 0.29) is 0 Å². The van der Waals surface area contributed by atoms with E-state index in [0.29, 0.717) is 0 Å². The molecule has 0 bridgehead atoms. The summed E-state index contributed by atoms with van der Waals surface area (Å²) in [7, 11) is 0. The average Bonchev–Trinajstić information content (AvgIpc) is 2.34. The van der Waals surface area contributed by atoms with Gasteiger partial charge < -0.3 is 15.2 Å². The van der Waals surface area contributed by atoms with Crippen molar-refractivity contribution in [2.75, 3.05) is 11.9 Å². The summed E-state index contributed by atoms with van der Waals surface area (Å²) in [5.74, 6) is 0.951. The minimum Gasteiger partial charge on any atom is -0.493 e. The molecule has 0 saturated heterocycles. The van der Waals surface area contributed by atoms with Gasteiger partial charge in [0, 0.05) is 5.33 Å². The first kappa shape index (κ1) is 18.8. The first-order valence-electron chi connectivity index (χ1n) is 6.54. The third kappa shape index (κ3) is 10.7. The number of benzene rings is 1. The Balaban J connectivity index is 0.000000396. The molecule has 0 spiro atoms. The number of amides is 1. The number of primary amides is 1. The number of rotatable bonds is 4. The third-order valence-electron chi connectivity index (χ3n) is 2.08. The molecule has 0 fully saturated rings. The zero-order chi connectivity index (χ0) is 15.6. The monoisotopic (exact) mass is 345 g/mol. The molecule has 0 atom stereocenters. The summed E-state index contributed by atoms with van der Waals surface area (Å²) in [6.07, 6.45) is 0.358. The van der Waals surface area contributed by atoms with Crippen molar-refractivity contribution in [2.45, 2.75) is 39.7 Å². The Labute approximate surface area is 129 Å². The van der Waals surface area contributed by atoms with Gasteiger partial charge in [-0.1, -0.05) is 35.0 Å². The number of hydrogen-bond acceptors (Lipinski definition) is 3. The van der Waals surface area contributed by atoms with Crippen LogP contribution < -0.4 is 10.5 Å². The fourth-order valence-electron chi connectivity index (χ4n) is 1.28. The highest BCUT2D eigenvalue weighted by atomic mass is 79.9. The molecule has 114 valence electrons. The zero-order valence-corrected chi connectivity index (χ0v) is 14.2. The molecule has 0 aliphatic heterocycles. The van der Waals surface area contributed by atoms with Gasteiger partial charge in [-0.15, -0.1) is 0 Å². The Bertz CT molecular complexity index is 385. The topological polar surface area (TPSA) is 61.5 Å². The molecule has 4 nitrogen and oxygen atoms in total. The van der Waals surface area contributed by atoms with Crippen LogP contribution >= 0.6 is 15.9 Å². The van der Waals surface area contributed by atoms with E-state index >= 15 is 0 Å². The summed E-state index contributed by atoms with van der Waals surface area (Å²) in [5.41, 5.74) is 5.61. The molecule has 2 N–H and O–H groups in total. The lowest BCUT2D eigenvalue weighted by Crippen LogP contribution is -2.27. The zero-order valence-electron chi connectivity index (χ0n) is 12.6. The lowest BCUT2D eigenvalue weighted by molar-refractivity contribution is 0.0600. The molecule has 0 aliphatic rings. The number of carbonyl (C=O) groups excluding carboxylic acids is 1. The van der Waals surface area contributed by atoms with Crippen LogP contribution in [0.15, 0.2) is 24.3 Å². The largest absolute Gasteiger partial charge is 0.493 e. The third-order valence-corrected chi connectivity index (χ3v) is 2.41. The number of aryl methyl sites for hydroxylation is 1. The van der Waals surface area contributed by atoms with E-state index in [1.165, 1.54) is 5.56 Å². The standard InChI is InChI=1S/C10H13BrO.C5H11NO2/c1-2-9-3-5-10(6-4-9)12-8-7-11;1-5(2,3)8-4(6)7/h3-6H,2,7-8H2,1H3;1-3H3,(H2,6,7). The van der Waals surface area contributed by atoms with E-state index in [9.17, 15) is 4.79 Å². The molecular weight excluding hydrogens is 322 g/mol. The molecule has 0 heterocycles. The first-order valence-corrected chi connectivity index (χ1v) is 7.66. The van der Waals surface area contributed by atoms with Crippen LogP contribution in [0.5, 0.6) is 5.75 Å². The van der Waals surface area contributed by atoms with Crippen LogP contribution in [0.4, 0.5) is 4.79 Å². The van der Waals surface area contributed by atoms with Crippen LogP contribution in [0.25, 0.3) is 0 Å². The van der Waals surface area contributed by atoms with Gasteiger partial charge in [0.05, 0.1) is 6.61 Å². The van der Waals surface area contributed by atoms with Crippen LogP contribution in [0.3, 0.4) is 0 Å². The van der Waals surface area contributed by atoms with Crippen LogP contribution in [0.1, 0.15) is 33.3 Å². The lowest BCUT2D eigenvalue weighted by atomic mass is 10.2. The number of ether oxygens (including phenoxy) is 2. The quantitative estimate of drug-likeness (QED) is 0.841. The number of halogens is 1. The highest BCUT2D eigenvalue weighted by Crippen LogP contribution is 2.12. The van der Waals surface area contributed by atoms with Gasteiger partial charge in [-0.2, -0.15) is 0 Å². The molecule has 1 rings (SSSR count). The number of nitrogens with two attached hydrogens (primary N) is 1. The molecule has 1 aromatic rings. The Morgan fingerprint density at radius 3 is 2.10 bits per heavy atom. The van der Waals surface area contributed by atoms with Gasteiger partial charge in [-0.25, -0.2) is 4.79 Å². The molecule has 20 heavy (non-hydrogen) atoms. The average molecular weight is 346 g/mol. The van der Waals surface area contributed by atoms with Crippen LogP contribution in [0, 0.1) is 0 Å². The van der Waals surface area contributed by atoms with Crippen molar-refractivity contribution in [3.8, 4) is 5.75 Å². The van der Waals surface area contributed by atoms with Crippen molar-refractivity contribution in [2.24, 2.45) is 5.73 Å². The van der Waals surface area contributed by atoms with Crippen LogP contribution in [-0.2, 0) is 11.2 Å². The van der Waals surface area contributed by atoms with Crippen molar-refractivity contribution >= 4 is 22.0 Å². The summed E-state index contributed by atoms with van der Waals surface area (Å²) in [4.78, 5) is 10.0. The molecule has 0 saturated carbocycles. The Morgan fingerprint density at radius 2 is 1.80 bits per heavy atom. The van der Waals surface area contributed by atoms with Gasteiger partial charge in [-0.3, -0.25) is 0 Å². The maximum Gasteiger partial charge on any atom is 0.405 e. The first-order chi connectivity index (χ1) is 9.28. The number of hydrogen-bond donors (Lipinski definition) is 1. The van der Waals surface area contributed by atoms with Gasteiger partial charge in [0.1, 0.15) is 11.4 Å². The minimum absolute atomic E-state index is 0.453. The van der Waals surface area contributed by atoms with Crippen LogP contribution in [-0.4, -0.2) is 23.6 Å². The fraction of sp³-hybridized carbons (Fsp3) is 0.533. The van der Waals surface area contributed by atoms with Gasteiger partial charge in [0.15, 0.2) is 0 Å². The van der Waals surface area contributed by atoms with Crippen LogP contribution in [0.2, 0.25) is 0 Å². The second-order valence-electron chi connectivity index (χ2n) is 5.07. The molecule has 0 aliphatic carbocycles. The summed E-state index contributed by atoms with van der Waals surface area (Å²) >= 11 is 3.31. The fourth-order valence-corrected chi connectivity index (χ4v) is 1.44. The summed E-state index contributed by atoms with van der Waals surface area (Å²) in [5, 5.41) is 0.878. The highest BCUT2D eigenvalue weighted by Gasteiger charge is 2.12. The summed E-state index contributed by atoms with van der Waals surface area (Å²) in [6.45, 7) is 8.16. The predicted octanol–water partition coefficient (Wildman–Crippen LogP) is 3.90. The lowest BCUT2D eigenvalue weighted by Gasteiger charge is -2.16. The highest BCUT2D eigenvalue weighted by molar-refractivity contribution is 9.09. The smallest absolute Gasteiger partial charge is 0.405 e. The Morgan fingerprint density at radius 1 is 1.25 bits per heavy atom. The molecule has 5 heteroatoms. The van der Waals surface area contributed by atoms with Gasteiger partial charge in [0.25, 0.3) is 0 Å². The summed E-state index contributed by atoms with van der Waals surface area (Å²) < 4.78 is 9.98. The van der Waals surface area contributed by atoms with E-state index in [1.807, 2.05) is 12.1 Å². The Hall–Kier alpha value is -1.23. The van der Waals surface area contributed by atoms with E-state index in [2.05, 4.69) is 39.7 Å². The van der Waals surface area contributed by atoms with Gasteiger partial charge in [0.2, 0.25) is 0 Å². The molecular formula is C15H24BrNO3. The maximum absolute atomic E-state index is 10.0. The summed E-state index contributed by atoms with van der Waals surface area (Å²) in [6, 6.07) is 8.23. The minimum atomic E-state index is -0.725. The molecule has 1 aromatic carbocycles. The van der Waals surface area contributed by atoms with E-state index < -0.39 is 11.7 Å². The number of alkyl halides is 1. The normalized spacial score (nSPS) is 10.2. The van der Waals surface area contributed by atoms with E-state index in [0.717, 1.165) is 24.1 Å². The molecule has 1 amide bonds. The maximum atomic E-state index is 10.0. The number of carbonyl (C=O) groups is 1. The van der Waals surface area contributed by atoms with E-state index in [4.69, 9.17) is 10.5 Å². The molecule has 0 aromatic heterocycles. The van der Waals surface area contributed by atoms with Gasteiger partial charge >= 0.3 is 6.09 Å². The second-order valence-corrected chi connectivity index (χ2v) is 5.86. The molecule has 0 radical (unpaired) electrons. The van der Waals surface area contributed by atoms with E-state index in [1.54, 1.807) is 20.8 Å². The van der Waals surface area contributed by atoms with Crippen molar-refractivity contribution < 1.29 is 14.3 Å². The second kappa shape index (κ2) is 9.64. The van der Waals surface area contributed by atoms with Crippen molar-refractivity contribution in [3.63, 3.8) is 0 Å². The van der Waals surface area contributed by atoms with Crippen molar-refractivity contribution in [1.29, 1.82) is 0 Å². The molecule has 0 unspecified atom stereocenters. The SMILES string of the molecule is CC(C)(C)OC(N)=O.CCc1ccc(OCCBr)cc1. The Kier molecular flexibility index (Phi) is 9.05. The van der Waals surface area contributed by atoms with Gasteiger partial charge in [-0.05, 0) is 44.9 Å².